The van der Waals surface area contributed by atoms with Crippen LogP contribution in [0.3, 0.4) is 0 Å². The quantitative estimate of drug-likeness (QED) is 0.358. The van der Waals surface area contributed by atoms with Gasteiger partial charge >= 0.3 is 23.9 Å². The summed E-state index contributed by atoms with van der Waals surface area (Å²) in [6, 6.07) is 9.17. The van der Waals surface area contributed by atoms with Crippen LogP contribution in [0.4, 0.5) is 0 Å². The maximum Gasteiger partial charge on any atom is 0.339 e. The number of esters is 1. The van der Waals surface area contributed by atoms with Crippen LogP contribution in [0.1, 0.15) is 107 Å². The van der Waals surface area contributed by atoms with Gasteiger partial charge in [0.15, 0.2) is 0 Å². The zero-order valence-electron chi connectivity index (χ0n) is 21.8. The van der Waals surface area contributed by atoms with Gasteiger partial charge in [0.2, 0.25) is 0 Å². The van der Waals surface area contributed by atoms with Crippen molar-refractivity contribution in [1.82, 2.24) is 0 Å². The first kappa shape index (κ1) is 30.4. The van der Waals surface area contributed by atoms with E-state index in [1.54, 1.807) is 39.0 Å². The van der Waals surface area contributed by atoms with Crippen LogP contribution in [-0.4, -0.2) is 44.8 Å². The Morgan fingerprint density at radius 1 is 0.833 bits per heavy atom. The zero-order valence-corrected chi connectivity index (χ0v) is 21.8. The molecule has 0 amide bonds. The molecule has 196 valence electrons. The molecule has 36 heavy (non-hydrogen) atoms. The van der Waals surface area contributed by atoms with Gasteiger partial charge in [-0.15, -0.1) is 0 Å². The van der Waals surface area contributed by atoms with Crippen LogP contribution in [0, 0.1) is 5.92 Å². The summed E-state index contributed by atoms with van der Waals surface area (Å²) in [5, 5.41) is 27.5. The highest BCUT2D eigenvalue weighted by atomic mass is 16.6. The van der Waals surface area contributed by atoms with E-state index in [4.69, 9.17) is 9.84 Å². The number of rotatable bonds is 9. The van der Waals surface area contributed by atoms with E-state index < -0.39 is 29.5 Å². The summed E-state index contributed by atoms with van der Waals surface area (Å²) < 4.78 is 5.11. The van der Waals surface area contributed by atoms with Gasteiger partial charge in [-0.1, -0.05) is 45.4 Å². The number of hydrogen-bond acceptors (Lipinski definition) is 5. The van der Waals surface area contributed by atoms with Gasteiger partial charge in [0.1, 0.15) is 5.60 Å². The molecule has 8 heteroatoms. The number of carboxylic acid groups (broad SMARTS) is 3. The van der Waals surface area contributed by atoms with Crippen molar-refractivity contribution in [2.75, 3.05) is 0 Å². The lowest BCUT2D eigenvalue weighted by atomic mass is 9.88. The van der Waals surface area contributed by atoms with Crippen LogP contribution >= 0.6 is 0 Å². The average molecular weight is 501 g/mol. The molecule has 0 fully saturated rings. The van der Waals surface area contributed by atoms with Crippen molar-refractivity contribution in [3.63, 3.8) is 0 Å². The van der Waals surface area contributed by atoms with Gasteiger partial charge in [-0.3, -0.25) is 0 Å². The molecule has 0 aliphatic rings. The molecule has 0 aliphatic heterocycles. The van der Waals surface area contributed by atoms with E-state index in [1.165, 1.54) is 18.2 Å². The number of benzene rings is 2. The van der Waals surface area contributed by atoms with Gasteiger partial charge in [-0.05, 0) is 75.3 Å². The number of carboxylic acids is 3. The highest BCUT2D eigenvalue weighted by Gasteiger charge is 2.23. The number of unbranched alkanes of at least 4 members (excludes halogenated alkanes) is 1. The van der Waals surface area contributed by atoms with E-state index in [-0.39, 0.29) is 28.2 Å². The molecule has 0 atom stereocenters. The van der Waals surface area contributed by atoms with Crippen molar-refractivity contribution in [3.05, 3.63) is 69.8 Å². The Morgan fingerprint density at radius 2 is 1.39 bits per heavy atom. The predicted octanol–water partition coefficient (Wildman–Crippen LogP) is 5.96. The van der Waals surface area contributed by atoms with Crippen molar-refractivity contribution in [3.8, 4) is 0 Å². The minimum Gasteiger partial charge on any atom is -0.478 e. The van der Waals surface area contributed by atoms with E-state index in [0.717, 1.165) is 24.8 Å². The molecule has 0 bridgehead atoms. The normalized spacial score (nSPS) is 10.9. The van der Waals surface area contributed by atoms with E-state index >= 15 is 0 Å². The second kappa shape index (κ2) is 13.4. The van der Waals surface area contributed by atoms with Crippen LogP contribution in [0.25, 0.3) is 0 Å². The average Bonchev–Trinajstić information content (AvgIpc) is 2.76. The summed E-state index contributed by atoms with van der Waals surface area (Å²) in [6.45, 7) is 11.3. The van der Waals surface area contributed by atoms with Crippen LogP contribution in [0.15, 0.2) is 36.4 Å². The first-order chi connectivity index (χ1) is 16.7. The van der Waals surface area contributed by atoms with Gasteiger partial charge in [-0.25, -0.2) is 19.2 Å². The smallest absolute Gasteiger partial charge is 0.339 e. The Hall–Kier alpha value is -3.68. The lowest BCUT2D eigenvalue weighted by Gasteiger charge is -2.19. The van der Waals surface area contributed by atoms with Crippen LogP contribution in [0.2, 0.25) is 0 Å². The molecule has 0 aromatic heterocycles. The molecule has 2 rings (SSSR count). The number of hydrogen-bond donors (Lipinski definition) is 3. The summed E-state index contributed by atoms with van der Waals surface area (Å²) in [6.07, 6.45) is 3.36. The largest absolute Gasteiger partial charge is 0.478 e. The standard InChI is InChI=1S/C16H22O4.C12H14O4/c1-4-5-6-11-7-8-12(15(17)18)14(16(19)20)13(11)9-10(2)3;1-12(2,3)16-11(15)9-7-5-4-6-8(9)10(13)14/h7-8,10H,4-6,9H2,1-3H3,(H,17,18)(H,19,20);4-7H,1-3H3,(H,13,14). The molecule has 0 heterocycles. The zero-order chi connectivity index (χ0) is 27.6. The van der Waals surface area contributed by atoms with E-state index in [0.29, 0.717) is 12.0 Å². The molecule has 3 N–H and O–H groups in total. The van der Waals surface area contributed by atoms with Crippen molar-refractivity contribution >= 4 is 23.9 Å². The van der Waals surface area contributed by atoms with Gasteiger partial charge in [-0.2, -0.15) is 0 Å². The fraction of sp³-hybridized carbons (Fsp3) is 0.429. The molecule has 0 saturated heterocycles. The van der Waals surface area contributed by atoms with Crippen molar-refractivity contribution in [2.45, 2.75) is 72.8 Å². The van der Waals surface area contributed by atoms with E-state index in [2.05, 4.69) is 6.92 Å². The van der Waals surface area contributed by atoms with Gasteiger partial charge in [0, 0.05) is 0 Å². The Labute approximate surface area is 211 Å². The van der Waals surface area contributed by atoms with E-state index in [1.807, 2.05) is 13.8 Å². The lowest BCUT2D eigenvalue weighted by Crippen LogP contribution is -2.25. The number of aryl methyl sites for hydroxylation is 1. The lowest BCUT2D eigenvalue weighted by molar-refractivity contribution is 0.00655. The molecule has 0 aliphatic carbocycles. The number of ether oxygens (including phenoxy) is 1. The third kappa shape index (κ3) is 9.17. The van der Waals surface area contributed by atoms with E-state index in [9.17, 15) is 29.4 Å². The van der Waals surface area contributed by atoms with Crippen LogP contribution < -0.4 is 0 Å². The fourth-order valence-corrected chi connectivity index (χ4v) is 3.54. The molecule has 0 unspecified atom stereocenters. The maximum absolute atomic E-state index is 11.7. The Kier molecular flexibility index (Phi) is 11.3. The summed E-state index contributed by atoms with van der Waals surface area (Å²) in [5.41, 5.74) is 0.876. The number of carbonyl (C=O) groups excluding carboxylic acids is 1. The first-order valence-electron chi connectivity index (χ1n) is 11.9. The second-order valence-corrected chi connectivity index (χ2v) is 9.79. The third-order valence-corrected chi connectivity index (χ3v) is 5.04. The Bertz CT molecular complexity index is 1090. The van der Waals surface area contributed by atoms with Gasteiger partial charge in [0.25, 0.3) is 0 Å². The monoisotopic (exact) mass is 500 g/mol. The second-order valence-electron chi connectivity index (χ2n) is 9.79. The van der Waals surface area contributed by atoms with Crippen LogP contribution in [-0.2, 0) is 17.6 Å². The summed E-state index contributed by atoms with van der Waals surface area (Å²) in [4.78, 5) is 45.3. The molecule has 0 spiro atoms. The molecule has 2 aromatic carbocycles. The molecular formula is C28H36O8. The van der Waals surface area contributed by atoms with Crippen LogP contribution in [0.5, 0.6) is 0 Å². The minimum absolute atomic E-state index is 0.0418. The SMILES string of the molecule is CC(C)(C)OC(=O)c1ccccc1C(=O)O.CCCCc1ccc(C(=O)O)c(C(=O)O)c1CC(C)C. The maximum atomic E-state index is 11.7. The van der Waals surface area contributed by atoms with Gasteiger partial charge < -0.3 is 20.1 Å². The highest BCUT2D eigenvalue weighted by Crippen LogP contribution is 2.25. The number of aromatic carboxylic acids is 3. The molecule has 0 radical (unpaired) electrons. The minimum atomic E-state index is -1.19. The van der Waals surface area contributed by atoms with Gasteiger partial charge in [0.05, 0.1) is 22.3 Å². The topological polar surface area (TPSA) is 138 Å². The third-order valence-electron chi connectivity index (χ3n) is 5.04. The molecule has 2 aromatic rings. The Morgan fingerprint density at radius 3 is 1.83 bits per heavy atom. The summed E-state index contributed by atoms with van der Waals surface area (Å²) in [5.74, 6) is -3.82. The molecule has 8 nitrogen and oxygen atoms in total. The highest BCUT2D eigenvalue weighted by molar-refractivity contribution is 6.03. The summed E-state index contributed by atoms with van der Waals surface area (Å²) >= 11 is 0. The first-order valence-corrected chi connectivity index (χ1v) is 11.9. The van der Waals surface area contributed by atoms with Crippen molar-refractivity contribution < 1.29 is 39.2 Å². The predicted molar refractivity (Wildman–Crippen MR) is 136 cm³/mol. The number of carbonyl (C=O) groups is 4. The molecular weight excluding hydrogens is 464 g/mol. The fourth-order valence-electron chi connectivity index (χ4n) is 3.54. The summed E-state index contributed by atoms with van der Waals surface area (Å²) in [7, 11) is 0. The Balaban J connectivity index is 0.000000369. The van der Waals surface area contributed by atoms with Crippen molar-refractivity contribution in [1.29, 1.82) is 0 Å². The van der Waals surface area contributed by atoms with Crippen molar-refractivity contribution in [2.24, 2.45) is 5.92 Å². The molecule has 0 saturated carbocycles.